The molecule has 2 aromatic rings. The van der Waals surface area contributed by atoms with Gasteiger partial charge in [-0.25, -0.2) is 8.42 Å². The fraction of sp³-hybridized carbons (Fsp3) is 0.231. The van der Waals surface area contributed by atoms with E-state index in [1.54, 1.807) is 23.6 Å². The quantitative estimate of drug-likeness (QED) is 0.769. The highest BCUT2D eigenvalue weighted by atomic mass is 32.2. The summed E-state index contributed by atoms with van der Waals surface area (Å²) in [7, 11) is -3.54. The van der Waals surface area contributed by atoms with E-state index in [0.717, 1.165) is 6.42 Å². The molecule has 5 nitrogen and oxygen atoms in total. The first-order valence-corrected chi connectivity index (χ1v) is 8.52. The summed E-state index contributed by atoms with van der Waals surface area (Å²) in [6.45, 7) is 1.09. The van der Waals surface area contributed by atoms with Gasteiger partial charge in [0.2, 0.25) is 0 Å². The van der Waals surface area contributed by atoms with Gasteiger partial charge in [0.1, 0.15) is 5.75 Å². The van der Waals surface area contributed by atoms with Gasteiger partial charge in [0.05, 0.1) is 17.2 Å². The van der Waals surface area contributed by atoms with Crippen LogP contribution in [0.5, 0.6) is 5.75 Å². The average Bonchev–Trinajstić information content (AvgIpc) is 2.92. The first-order valence-electron chi connectivity index (χ1n) is 6.10. The molecular weight excluding hydrogens is 296 g/mol. The lowest BCUT2D eigenvalue weighted by Crippen LogP contribution is -2.12. The Bertz CT molecular complexity index is 622. The Morgan fingerprint density at radius 1 is 1.20 bits per heavy atom. The first-order chi connectivity index (χ1) is 9.62. The van der Waals surface area contributed by atoms with Crippen LogP contribution in [0.2, 0.25) is 0 Å². The molecule has 0 spiro atoms. The average molecular weight is 312 g/mol. The molecule has 3 N–H and O–H groups in total. The number of hydrogen-bond acceptors (Lipinski definition) is 5. The summed E-state index contributed by atoms with van der Waals surface area (Å²) in [5.41, 5.74) is 5.94. The van der Waals surface area contributed by atoms with Gasteiger partial charge in [0.25, 0.3) is 10.0 Å². The molecule has 2 rings (SSSR count). The van der Waals surface area contributed by atoms with Crippen LogP contribution in [0.15, 0.2) is 46.0 Å². The van der Waals surface area contributed by atoms with Crippen molar-refractivity contribution in [1.29, 1.82) is 0 Å². The predicted octanol–water partition coefficient (Wildman–Crippen LogP) is 2.28. The van der Waals surface area contributed by atoms with E-state index in [9.17, 15) is 8.42 Å². The van der Waals surface area contributed by atoms with Gasteiger partial charge in [-0.05, 0) is 48.7 Å². The number of sulfonamides is 1. The number of benzene rings is 1. The molecule has 0 aliphatic rings. The third kappa shape index (κ3) is 3.96. The lowest BCUT2D eigenvalue weighted by atomic mass is 10.3. The predicted molar refractivity (Wildman–Crippen MR) is 80.7 cm³/mol. The van der Waals surface area contributed by atoms with Crippen LogP contribution in [0, 0.1) is 0 Å². The van der Waals surface area contributed by atoms with Gasteiger partial charge in [-0.15, -0.1) is 0 Å². The summed E-state index contributed by atoms with van der Waals surface area (Å²) < 4.78 is 32.2. The van der Waals surface area contributed by atoms with Crippen LogP contribution < -0.4 is 15.2 Å². The molecule has 0 bridgehead atoms. The van der Waals surface area contributed by atoms with Gasteiger partial charge in [0, 0.05) is 5.38 Å². The molecule has 0 saturated carbocycles. The van der Waals surface area contributed by atoms with Crippen molar-refractivity contribution in [2.45, 2.75) is 11.3 Å². The number of anilines is 1. The third-order valence-electron chi connectivity index (χ3n) is 2.52. The minimum Gasteiger partial charge on any atom is -0.494 e. The smallest absolute Gasteiger partial charge is 0.261 e. The molecule has 0 unspecified atom stereocenters. The monoisotopic (exact) mass is 312 g/mol. The molecule has 1 heterocycles. The van der Waals surface area contributed by atoms with Crippen LogP contribution in [0.1, 0.15) is 6.42 Å². The van der Waals surface area contributed by atoms with Crippen molar-refractivity contribution in [3.05, 3.63) is 41.1 Å². The molecule has 7 heteroatoms. The van der Waals surface area contributed by atoms with Gasteiger partial charge in [-0.1, -0.05) is 0 Å². The summed E-state index contributed by atoms with van der Waals surface area (Å²) in [5, 5.41) is 3.55. The zero-order valence-corrected chi connectivity index (χ0v) is 12.4. The highest BCUT2D eigenvalue weighted by Crippen LogP contribution is 2.20. The molecule has 1 aromatic heterocycles. The number of rotatable bonds is 7. The van der Waals surface area contributed by atoms with Crippen molar-refractivity contribution in [3.8, 4) is 5.75 Å². The molecule has 0 aliphatic heterocycles. The molecule has 0 atom stereocenters. The molecule has 1 aromatic carbocycles. The maximum absolute atomic E-state index is 12.1. The van der Waals surface area contributed by atoms with Crippen LogP contribution in [0.3, 0.4) is 0 Å². The molecule has 108 valence electrons. The van der Waals surface area contributed by atoms with E-state index in [0.29, 0.717) is 24.6 Å². The SMILES string of the molecule is NCCCOc1ccc(S(=O)(=O)Nc2ccsc2)cc1. The molecular formula is C13H16N2O3S2. The Morgan fingerprint density at radius 2 is 1.95 bits per heavy atom. The van der Waals surface area contributed by atoms with Crippen molar-refractivity contribution < 1.29 is 13.2 Å². The van der Waals surface area contributed by atoms with Crippen molar-refractivity contribution in [2.75, 3.05) is 17.9 Å². The maximum atomic E-state index is 12.1. The number of thiophene rings is 1. The highest BCUT2D eigenvalue weighted by Gasteiger charge is 2.14. The van der Waals surface area contributed by atoms with Crippen LogP contribution in [-0.2, 0) is 10.0 Å². The van der Waals surface area contributed by atoms with Crippen LogP contribution in [-0.4, -0.2) is 21.6 Å². The Labute approximate surface area is 122 Å². The molecule has 0 aliphatic carbocycles. The standard InChI is InChI=1S/C13H16N2O3S2/c14-7-1-8-18-12-2-4-13(5-3-12)20(16,17)15-11-6-9-19-10-11/h2-6,9-10,15H,1,7-8,14H2. The van der Waals surface area contributed by atoms with Gasteiger partial charge in [-0.3, -0.25) is 4.72 Å². The zero-order valence-electron chi connectivity index (χ0n) is 10.8. The van der Waals surface area contributed by atoms with Crippen LogP contribution >= 0.6 is 11.3 Å². The normalized spacial score (nSPS) is 11.2. The summed E-state index contributed by atoms with van der Waals surface area (Å²) in [4.78, 5) is 0.204. The summed E-state index contributed by atoms with van der Waals surface area (Å²) in [6.07, 6.45) is 0.764. The Morgan fingerprint density at radius 3 is 2.55 bits per heavy atom. The Balaban J connectivity index is 2.05. The van der Waals surface area contributed by atoms with E-state index < -0.39 is 10.0 Å². The lowest BCUT2D eigenvalue weighted by molar-refractivity contribution is 0.313. The van der Waals surface area contributed by atoms with E-state index in [1.165, 1.54) is 23.5 Å². The minimum absolute atomic E-state index is 0.204. The topological polar surface area (TPSA) is 81.4 Å². The number of nitrogens with two attached hydrogens (primary N) is 1. The second-order valence-corrected chi connectivity index (χ2v) is 6.54. The third-order valence-corrected chi connectivity index (χ3v) is 4.61. The fourth-order valence-corrected chi connectivity index (χ4v) is 3.24. The number of ether oxygens (including phenoxy) is 1. The zero-order chi connectivity index (χ0) is 14.4. The van der Waals surface area contributed by atoms with Crippen LogP contribution in [0.4, 0.5) is 5.69 Å². The Kier molecular flexibility index (Phi) is 4.99. The van der Waals surface area contributed by atoms with Crippen molar-refractivity contribution >= 4 is 27.0 Å². The van der Waals surface area contributed by atoms with Crippen LogP contribution in [0.25, 0.3) is 0 Å². The number of nitrogens with one attached hydrogen (secondary N) is 1. The fourth-order valence-electron chi connectivity index (χ4n) is 1.52. The van der Waals surface area contributed by atoms with E-state index in [1.807, 2.05) is 5.38 Å². The minimum atomic E-state index is -3.54. The summed E-state index contributed by atoms with van der Waals surface area (Å²) in [6, 6.07) is 8.03. The van der Waals surface area contributed by atoms with E-state index in [2.05, 4.69) is 4.72 Å². The van der Waals surface area contributed by atoms with Gasteiger partial charge in [0.15, 0.2) is 0 Å². The van der Waals surface area contributed by atoms with Crippen molar-refractivity contribution in [1.82, 2.24) is 0 Å². The van der Waals surface area contributed by atoms with Crippen molar-refractivity contribution in [3.63, 3.8) is 0 Å². The van der Waals surface area contributed by atoms with E-state index >= 15 is 0 Å². The number of hydrogen-bond donors (Lipinski definition) is 2. The Hall–Kier alpha value is -1.57. The second kappa shape index (κ2) is 6.74. The molecule has 0 fully saturated rings. The van der Waals surface area contributed by atoms with E-state index in [-0.39, 0.29) is 4.90 Å². The maximum Gasteiger partial charge on any atom is 0.261 e. The molecule has 0 saturated heterocycles. The van der Waals surface area contributed by atoms with Gasteiger partial charge in [-0.2, -0.15) is 11.3 Å². The van der Waals surface area contributed by atoms with Gasteiger partial charge < -0.3 is 10.5 Å². The van der Waals surface area contributed by atoms with Crippen molar-refractivity contribution in [2.24, 2.45) is 5.73 Å². The first kappa shape index (κ1) is 14.8. The largest absolute Gasteiger partial charge is 0.494 e. The molecule has 20 heavy (non-hydrogen) atoms. The summed E-state index contributed by atoms with van der Waals surface area (Å²) >= 11 is 1.43. The summed E-state index contributed by atoms with van der Waals surface area (Å²) in [5.74, 6) is 0.632. The molecule has 0 amide bonds. The van der Waals surface area contributed by atoms with Gasteiger partial charge >= 0.3 is 0 Å². The van der Waals surface area contributed by atoms with E-state index in [4.69, 9.17) is 10.5 Å². The highest BCUT2D eigenvalue weighted by molar-refractivity contribution is 7.92. The lowest BCUT2D eigenvalue weighted by Gasteiger charge is -2.08. The second-order valence-electron chi connectivity index (χ2n) is 4.08. The molecule has 0 radical (unpaired) electrons.